The molecule has 0 saturated heterocycles. The van der Waals surface area contributed by atoms with Gasteiger partial charge < -0.3 is 5.32 Å². The van der Waals surface area contributed by atoms with Crippen molar-refractivity contribution < 1.29 is 8.42 Å². The average molecular weight is 299 g/mol. The van der Waals surface area contributed by atoms with E-state index >= 15 is 0 Å². The van der Waals surface area contributed by atoms with Crippen LogP contribution in [-0.2, 0) is 9.84 Å². The zero-order valence-electron chi connectivity index (χ0n) is 7.82. The highest BCUT2D eigenvalue weighted by molar-refractivity contribution is 9.10. The van der Waals surface area contributed by atoms with Crippen LogP contribution in [0.2, 0.25) is 0 Å². The topological polar surface area (TPSA) is 59.1 Å². The molecule has 0 radical (unpaired) electrons. The fourth-order valence-corrected chi connectivity index (χ4v) is 3.28. The third-order valence-electron chi connectivity index (χ3n) is 1.40. The van der Waals surface area contributed by atoms with E-state index in [-0.39, 0.29) is 11.8 Å². The first kappa shape index (κ1) is 11.9. The van der Waals surface area contributed by atoms with E-state index in [1.807, 2.05) is 12.3 Å². The molecule has 14 heavy (non-hydrogen) atoms. The lowest BCUT2D eigenvalue weighted by atomic mass is 10.4. The highest BCUT2D eigenvalue weighted by atomic mass is 79.9. The van der Waals surface area contributed by atoms with E-state index in [4.69, 9.17) is 0 Å². The lowest BCUT2D eigenvalue weighted by Gasteiger charge is -2.10. The van der Waals surface area contributed by atoms with Crippen LogP contribution in [-0.4, -0.2) is 31.5 Å². The lowest BCUT2D eigenvalue weighted by molar-refractivity contribution is 0.598. The van der Waals surface area contributed by atoms with Gasteiger partial charge in [0, 0.05) is 17.7 Å². The summed E-state index contributed by atoms with van der Waals surface area (Å²) in [6.45, 7) is 1.82. The van der Waals surface area contributed by atoms with Crippen molar-refractivity contribution in [2.75, 3.05) is 17.3 Å². The minimum atomic E-state index is -2.93. The predicted molar refractivity (Wildman–Crippen MR) is 62.6 cm³/mol. The SMILES string of the molecule is CC(CS(C)(=O)=O)Nc1nc(Br)cs1. The predicted octanol–water partition coefficient (Wildman–Crippen LogP) is 1.75. The summed E-state index contributed by atoms with van der Waals surface area (Å²) in [6.07, 6.45) is 1.23. The van der Waals surface area contributed by atoms with Crippen LogP contribution in [0.5, 0.6) is 0 Å². The molecule has 1 heterocycles. The van der Waals surface area contributed by atoms with Gasteiger partial charge in [0.05, 0.1) is 5.75 Å². The van der Waals surface area contributed by atoms with E-state index in [9.17, 15) is 8.42 Å². The van der Waals surface area contributed by atoms with Gasteiger partial charge in [-0.25, -0.2) is 13.4 Å². The van der Waals surface area contributed by atoms with Gasteiger partial charge in [0.15, 0.2) is 5.13 Å². The summed E-state index contributed by atoms with van der Waals surface area (Å²) < 4.78 is 22.7. The van der Waals surface area contributed by atoms with Crippen molar-refractivity contribution in [2.24, 2.45) is 0 Å². The Kier molecular flexibility index (Phi) is 3.91. The van der Waals surface area contributed by atoms with Crippen molar-refractivity contribution in [1.82, 2.24) is 4.98 Å². The van der Waals surface area contributed by atoms with Crippen molar-refractivity contribution in [3.8, 4) is 0 Å². The molecule has 7 heteroatoms. The molecule has 0 aliphatic carbocycles. The highest BCUT2D eigenvalue weighted by Gasteiger charge is 2.11. The fourth-order valence-electron chi connectivity index (χ4n) is 1.03. The molecule has 1 unspecified atom stereocenters. The second-order valence-corrected chi connectivity index (χ2v) is 6.97. The Morgan fingerprint density at radius 3 is 2.79 bits per heavy atom. The first-order valence-electron chi connectivity index (χ1n) is 3.92. The summed E-state index contributed by atoms with van der Waals surface area (Å²) in [5, 5.41) is 5.59. The quantitative estimate of drug-likeness (QED) is 0.920. The second-order valence-electron chi connectivity index (χ2n) is 3.11. The van der Waals surface area contributed by atoms with Gasteiger partial charge in [0.25, 0.3) is 0 Å². The molecule has 1 N–H and O–H groups in total. The third kappa shape index (κ3) is 4.39. The Labute approximate surface area is 95.8 Å². The molecule has 4 nitrogen and oxygen atoms in total. The molecule has 0 fully saturated rings. The molecule has 0 aliphatic rings. The van der Waals surface area contributed by atoms with Gasteiger partial charge in [-0.05, 0) is 22.9 Å². The van der Waals surface area contributed by atoms with Gasteiger partial charge >= 0.3 is 0 Å². The molecule has 1 atom stereocenters. The van der Waals surface area contributed by atoms with Gasteiger partial charge in [0.2, 0.25) is 0 Å². The van der Waals surface area contributed by atoms with Gasteiger partial charge in [-0.1, -0.05) is 0 Å². The van der Waals surface area contributed by atoms with Crippen molar-refractivity contribution in [2.45, 2.75) is 13.0 Å². The van der Waals surface area contributed by atoms with Crippen LogP contribution in [0.4, 0.5) is 5.13 Å². The number of hydrogen-bond acceptors (Lipinski definition) is 5. The molecule has 0 amide bonds. The maximum Gasteiger partial charge on any atom is 0.183 e. The second kappa shape index (κ2) is 4.59. The van der Waals surface area contributed by atoms with Crippen molar-refractivity contribution in [3.63, 3.8) is 0 Å². The first-order valence-corrected chi connectivity index (χ1v) is 7.65. The van der Waals surface area contributed by atoms with Crippen LogP contribution in [0.1, 0.15) is 6.92 Å². The fraction of sp³-hybridized carbons (Fsp3) is 0.571. The number of anilines is 1. The molecular formula is C7H11BrN2O2S2. The number of rotatable bonds is 4. The molecule has 80 valence electrons. The number of hydrogen-bond donors (Lipinski definition) is 1. The van der Waals surface area contributed by atoms with Crippen molar-refractivity contribution >= 4 is 42.2 Å². The Balaban J connectivity index is 2.53. The highest BCUT2D eigenvalue weighted by Crippen LogP contribution is 2.20. The standard InChI is InChI=1S/C7H11BrN2O2S2/c1-5(4-14(2,11)12)9-7-10-6(8)3-13-7/h3,5H,4H2,1-2H3,(H,9,10). The molecule has 1 rings (SSSR count). The normalized spacial score (nSPS) is 13.9. The van der Waals surface area contributed by atoms with Crippen LogP contribution >= 0.6 is 27.3 Å². The van der Waals surface area contributed by atoms with E-state index in [1.165, 1.54) is 17.6 Å². The summed E-state index contributed by atoms with van der Waals surface area (Å²) in [6, 6.07) is -0.122. The summed E-state index contributed by atoms with van der Waals surface area (Å²) >= 11 is 4.66. The van der Waals surface area contributed by atoms with Crippen molar-refractivity contribution in [3.05, 3.63) is 9.98 Å². The summed E-state index contributed by atoms with van der Waals surface area (Å²) in [5.41, 5.74) is 0. The maximum atomic E-state index is 11.0. The van der Waals surface area contributed by atoms with Crippen LogP contribution < -0.4 is 5.32 Å². The Bertz CT molecular complexity index is 402. The van der Waals surface area contributed by atoms with Gasteiger partial charge in [-0.15, -0.1) is 11.3 Å². The summed E-state index contributed by atoms with van der Waals surface area (Å²) in [7, 11) is -2.93. The Hall–Kier alpha value is -0.140. The number of nitrogens with one attached hydrogen (secondary N) is 1. The molecule has 0 aliphatic heterocycles. The van der Waals surface area contributed by atoms with Gasteiger partial charge in [-0.2, -0.15) is 0 Å². The Morgan fingerprint density at radius 2 is 2.36 bits per heavy atom. The van der Waals surface area contributed by atoms with Crippen LogP contribution in [0.25, 0.3) is 0 Å². The van der Waals surface area contributed by atoms with E-state index in [1.54, 1.807) is 0 Å². The molecule has 1 aromatic heterocycles. The van der Waals surface area contributed by atoms with E-state index in [2.05, 4.69) is 26.2 Å². The molecule has 0 saturated carbocycles. The number of halogens is 1. The van der Waals surface area contributed by atoms with Gasteiger partial charge in [-0.3, -0.25) is 0 Å². The van der Waals surface area contributed by atoms with E-state index < -0.39 is 9.84 Å². The smallest absolute Gasteiger partial charge is 0.183 e. The minimum Gasteiger partial charge on any atom is -0.358 e. The first-order chi connectivity index (χ1) is 6.37. The van der Waals surface area contributed by atoms with E-state index in [0.717, 1.165) is 9.73 Å². The third-order valence-corrected chi connectivity index (χ3v) is 3.99. The number of sulfone groups is 1. The maximum absolute atomic E-state index is 11.0. The van der Waals surface area contributed by atoms with Gasteiger partial charge in [0.1, 0.15) is 14.4 Å². The molecule has 0 bridgehead atoms. The van der Waals surface area contributed by atoms with Crippen LogP contribution in [0, 0.1) is 0 Å². The van der Waals surface area contributed by atoms with Crippen molar-refractivity contribution in [1.29, 1.82) is 0 Å². The zero-order valence-corrected chi connectivity index (χ0v) is 11.0. The average Bonchev–Trinajstić information content (AvgIpc) is 2.30. The largest absolute Gasteiger partial charge is 0.358 e. The van der Waals surface area contributed by atoms with E-state index in [0.29, 0.717) is 0 Å². The molecule has 0 spiro atoms. The monoisotopic (exact) mass is 298 g/mol. The lowest BCUT2D eigenvalue weighted by Crippen LogP contribution is -2.24. The number of thiazole rings is 1. The van der Waals surface area contributed by atoms with Crippen LogP contribution in [0.15, 0.2) is 9.98 Å². The number of aromatic nitrogens is 1. The Morgan fingerprint density at radius 1 is 1.71 bits per heavy atom. The molecular weight excluding hydrogens is 288 g/mol. The molecule has 0 aromatic carbocycles. The summed E-state index contributed by atoms with van der Waals surface area (Å²) in [5.74, 6) is 0.115. The van der Waals surface area contributed by atoms with Crippen LogP contribution in [0.3, 0.4) is 0 Å². The minimum absolute atomic E-state index is 0.115. The molecule has 1 aromatic rings. The zero-order chi connectivity index (χ0) is 10.8. The summed E-state index contributed by atoms with van der Waals surface area (Å²) in [4.78, 5) is 4.11. The number of nitrogens with zero attached hydrogens (tertiary/aromatic N) is 1.